The largest absolute Gasteiger partial charge is 0.461 e. The number of sulfone groups is 1. The van der Waals surface area contributed by atoms with Crippen molar-refractivity contribution in [2.24, 2.45) is 11.3 Å². The van der Waals surface area contributed by atoms with Crippen LogP contribution in [-0.2, 0) is 14.6 Å². The summed E-state index contributed by atoms with van der Waals surface area (Å²) < 4.78 is 29.7. The fraction of sp³-hybridized carbons (Fsp3) is 0.522. The molecule has 10 heteroatoms. The summed E-state index contributed by atoms with van der Waals surface area (Å²) >= 11 is 12.6. The number of anilines is 1. The van der Waals surface area contributed by atoms with Gasteiger partial charge in [0.2, 0.25) is 0 Å². The van der Waals surface area contributed by atoms with Crippen LogP contribution in [0.5, 0.6) is 0 Å². The second kappa shape index (κ2) is 9.04. The van der Waals surface area contributed by atoms with Gasteiger partial charge in [-0.25, -0.2) is 23.2 Å². The molecule has 0 saturated carbocycles. The zero-order chi connectivity index (χ0) is 24.0. The number of hydrogen-bond donors (Lipinski definition) is 0. The first-order chi connectivity index (χ1) is 15.6. The topological polar surface area (TPSA) is 89.5 Å². The van der Waals surface area contributed by atoms with E-state index in [2.05, 4.69) is 4.98 Å². The van der Waals surface area contributed by atoms with E-state index in [-0.39, 0.29) is 35.1 Å². The lowest BCUT2D eigenvalue weighted by molar-refractivity contribution is 0.0519. The second-order valence-corrected chi connectivity index (χ2v) is 11.9. The van der Waals surface area contributed by atoms with E-state index in [1.54, 1.807) is 25.1 Å². The lowest BCUT2D eigenvalue weighted by Crippen LogP contribution is -2.44. The van der Waals surface area contributed by atoms with E-state index >= 15 is 0 Å². The molecule has 2 aliphatic rings. The molecule has 4 rings (SSSR count). The molecule has 2 fully saturated rings. The maximum Gasteiger partial charge on any atom is 0.360 e. The van der Waals surface area contributed by atoms with Crippen molar-refractivity contribution in [1.82, 2.24) is 9.97 Å². The molecule has 0 amide bonds. The Morgan fingerprint density at radius 1 is 1.24 bits per heavy atom. The number of ether oxygens (including phenoxy) is 1. The standard InChI is InChI=1S/C23H27Cl2N3O4S/c1-4-32-22(29)20-21(26-15(3)19(27-20)16-6-5-7-17(24)18(16)25)28-10-8-23(9-11-28)13-33(30,31)12-14(23)2/h5-7,14H,4,8-13H2,1-3H3/t14-/m1/s1. The van der Waals surface area contributed by atoms with Crippen LogP contribution in [0.15, 0.2) is 18.2 Å². The van der Waals surface area contributed by atoms with Crippen molar-refractivity contribution in [2.75, 3.05) is 36.1 Å². The van der Waals surface area contributed by atoms with Crippen LogP contribution in [0.2, 0.25) is 10.0 Å². The van der Waals surface area contributed by atoms with Crippen molar-refractivity contribution < 1.29 is 17.9 Å². The van der Waals surface area contributed by atoms with E-state index in [4.69, 9.17) is 32.9 Å². The molecule has 3 heterocycles. The van der Waals surface area contributed by atoms with Crippen LogP contribution >= 0.6 is 23.2 Å². The van der Waals surface area contributed by atoms with Crippen molar-refractivity contribution in [2.45, 2.75) is 33.6 Å². The number of benzene rings is 1. The summed E-state index contributed by atoms with van der Waals surface area (Å²) in [4.78, 5) is 24.3. The molecular weight excluding hydrogens is 485 g/mol. The number of piperidine rings is 1. The third-order valence-corrected chi connectivity index (χ3v) is 9.68. The Bertz CT molecular complexity index is 1190. The average Bonchev–Trinajstić information content (AvgIpc) is 2.98. The molecule has 0 unspecified atom stereocenters. The molecule has 1 atom stereocenters. The zero-order valence-corrected chi connectivity index (χ0v) is 21.2. The van der Waals surface area contributed by atoms with E-state index in [0.717, 1.165) is 12.8 Å². The monoisotopic (exact) mass is 511 g/mol. The van der Waals surface area contributed by atoms with Gasteiger partial charge in [-0.15, -0.1) is 0 Å². The van der Waals surface area contributed by atoms with Crippen LogP contribution in [0.1, 0.15) is 42.9 Å². The van der Waals surface area contributed by atoms with Gasteiger partial charge in [0, 0.05) is 18.7 Å². The van der Waals surface area contributed by atoms with Gasteiger partial charge >= 0.3 is 5.97 Å². The van der Waals surface area contributed by atoms with Crippen LogP contribution in [0.25, 0.3) is 11.3 Å². The van der Waals surface area contributed by atoms with E-state index in [0.29, 0.717) is 45.9 Å². The van der Waals surface area contributed by atoms with Gasteiger partial charge in [0.25, 0.3) is 0 Å². The first-order valence-corrected chi connectivity index (χ1v) is 13.6. The molecule has 0 N–H and O–H groups in total. The molecular formula is C23H27Cl2N3O4S. The normalized spacial score (nSPS) is 21.4. The summed E-state index contributed by atoms with van der Waals surface area (Å²) in [6, 6.07) is 5.24. The summed E-state index contributed by atoms with van der Waals surface area (Å²) in [6.07, 6.45) is 1.44. The highest BCUT2D eigenvalue weighted by molar-refractivity contribution is 7.91. The van der Waals surface area contributed by atoms with Crippen LogP contribution in [-0.4, -0.2) is 55.6 Å². The lowest BCUT2D eigenvalue weighted by atomic mass is 9.72. The summed E-state index contributed by atoms with van der Waals surface area (Å²) in [5, 5.41) is 0.731. The van der Waals surface area contributed by atoms with Crippen LogP contribution in [0.3, 0.4) is 0 Å². The molecule has 1 aromatic heterocycles. The van der Waals surface area contributed by atoms with Crippen molar-refractivity contribution >= 4 is 44.8 Å². The molecule has 2 aliphatic heterocycles. The highest BCUT2D eigenvalue weighted by Crippen LogP contribution is 2.46. The summed E-state index contributed by atoms with van der Waals surface area (Å²) in [7, 11) is -3.01. The first kappa shape index (κ1) is 24.2. The molecule has 0 radical (unpaired) electrons. The molecule has 1 spiro atoms. The zero-order valence-electron chi connectivity index (χ0n) is 18.9. The minimum absolute atomic E-state index is 0.120. The van der Waals surface area contributed by atoms with Gasteiger partial charge in [-0.2, -0.15) is 0 Å². The van der Waals surface area contributed by atoms with E-state index < -0.39 is 15.8 Å². The Balaban J connectivity index is 1.71. The summed E-state index contributed by atoms with van der Waals surface area (Å²) in [5.74, 6) is 0.494. The Morgan fingerprint density at radius 2 is 1.94 bits per heavy atom. The number of aryl methyl sites for hydroxylation is 1. The average molecular weight is 512 g/mol. The first-order valence-electron chi connectivity index (χ1n) is 11.0. The Labute approximate surface area is 204 Å². The SMILES string of the molecule is CCOC(=O)c1nc(-c2cccc(Cl)c2Cl)c(C)nc1N1CCC2(CC1)CS(=O)(=O)C[C@H]2C. The second-order valence-electron chi connectivity index (χ2n) is 8.96. The number of esters is 1. The van der Waals surface area contributed by atoms with Crippen molar-refractivity contribution in [1.29, 1.82) is 0 Å². The third kappa shape index (κ3) is 4.57. The van der Waals surface area contributed by atoms with Gasteiger partial charge in [0.15, 0.2) is 21.3 Å². The maximum atomic E-state index is 12.9. The molecule has 1 aromatic carbocycles. The van der Waals surface area contributed by atoms with Crippen molar-refractivity contribution in [3.63, 3.8) is 0 Å². The smallest absolute Gasteiger partial charge is 0.360 e. The van der Waals surface area contributed by atoms with E-state index in [1.807, 2.05) is 18.7 Å². The number of carbonyl (C=O) groups excluding carboxylic acids is 1. The van der Waals surface area contributed by atoms with Gasteiger partial charge < -0.3 is 9.64 Å². The highest BCUT2D eigenvalue weighted by atomic mass is 35.5. The quantitative estimate of drug-likeness (QED) is 0.554. The maximum absolute atomic E-state index is 12.9. The number of rotatable bonds is 4. The fourth-order valence-electron chi connectivity index (χ4n) is 5.00. The molecule has 0 aliphatic carbocycles. The molecule has 2 aromatic rings. The molecule has 7 nitrogen and oxygen atoms in total. The highest BCUT2D eigenvalue weighted by Gasteiger charge is 2.49. The summed E-state index contributed by atoms with van der Waals surface area (Å²) in [5.41, 5.74) is 1.58. The molecule has 178 valence electrons. The minimum atomic E-state index is -3.01. The molecule has 0 bridgehead atoms. The van der Waals surface area contributed by atoms with E-state index in [9.17, 15) is 13.2 Å². The van der Waals surface area contributed by atoms with Crippen molar-refractivity contribution in [3.8, 4) is 11.3 Å². The number of hydrogen-bond acceptors (Lipinski definition) is 7. The Kier molecular flexibility index (Phi) is 6.64. The fourth-order valence-corrected chi connectivity index (χ4v) is 8.08. The van der Waals surface area contributed by atoms with Crippen LogP contribution < -0.4 is 4.90 Å². The number of halogens is 2. The Morgan fingerprint density at radius 3 is 2.55 bits per heavy atom. The molecule has 2 saturated heterocycles. The molecule has 33 heavy (non-hydrogen) atoms. The van der Waals surface area contributed by atoms with Crippen molar-refractivity contribution in [3.05, 3.63) is 39.6 Å². The van der Waals surface area contributed by atoms with Gasteiger partial charge in [0.1, 0.15) is 0 Å². The van der Waals surface area contributed by atoms with Gasteiger partial charge in [-0.1, -0.05) is 42.3 Å². The number of nitrogens with zero attached hydrogens (tertiary/aromatic N) is 3. The Hall–Kier alpha value is -1.90. The lowest BCUT2D eigenvalue weighted by Gasteiger charge is -2.42. The van der Waals surface area contributed by atoms with Gasteiger partial charge in [0.05, 0.1) is 39.5 Å². The predicted molar refractivity (Wildman–Crippen MR) is 130 cm³/mol. The van der Waals surface area contributed by atoms with Crippen LogP contribution in [0.4, 0.5) is 5.82 Å². The summed E-state index contributed by atoms with van der Waals surface area (Å²) in [6.45, 7) is 6.97. The number of aromatic nitrogens is 2. The number of carbonyl (C=O) groups is 1. The van der Waals surface area contributed by atoms with Gasteiger partial charge in [-0.05, 0) is 44.1 Å². The van der Waals surface area contributed by atoms with Crippen LogP contribution in [0, 0.1) is 18.3 Å². The third-order valence-electron chi connectivity index (χ3n) is 6.84. The predicted octanol–water partition coefficient (Wildman–Crippen LogP) is 4.59. The minimum Gasteiger partial charge on any atom is -0.461 e. The van der Waals surface area contributed by atoms with E-state index in [1.165, 1.54) is 0 Å². The van der Waals surface area contributed by atoms with Gasteiger partial charge in [-0.3, -0.25) is 0 Å².